The van der Waals surface area contributed by atoms with Gasteiger partial charge in [-0.1, -0.05) is 6.07 Å². The first-order valence-corrected chi connectivity index (χ1v) is 7.18. The third-order valence-electron chi connectivity index (χ3n) is 4.04. The van der Waals surface area contributed by atoms with E-state index in [1.165, 1.54) is 13.0 Å². The van der Waals surface area contributed by atoms with Crippen LogP contribution in [0, 0.1) is 17.1 Å². The molecule has 0 heterocycles. The molecule has 0 aromatic heterocycles. The Labute approximate surface area is 128 Å². The van der Waals surface area contributed by atoms with Crippen LogP contribution in [-0.2, 0) is 6.42 Å². The van der Waals surface area contributed by atoms with Crippen molar-refractivity contribution in [1.29, 1.82) is 5.26 Å². The van der Waals surface area contributed by atoms with Crippen LogP contribution < -0.4 is 5.32 Å². The molecule has 1 N–H and O–H groups in total. The van der Waals surface area contributed by atoms with E-state index in [2.05, 4.69) is 11.4 Å². The van der Waals surface area contributed by atoms with Gasteiger partial charge >= 0.3 is 0 Å². The van der Waals surface area contributed by atoms with E-state index in [-0.39, 0.29) is 17.6 Å². The topological polar surface area (TPSA) is 52.9 Å². The zero-order valence-electron chi connectivity index (χ0n) is 12.2. The summed E-state index contributed by atoms with van der Waals surface area (Å²) in [7, 11) is 0. The first kappa shape index (κ1) is 14.3. The lowest BCUT2D eigenvalue weighted by Gasteiger charge is -2.18. The van der Waals surface area contributed by atoms with E-state index in [0.29, 0.717) is 16.8 Å². The molecule has 22 heavy (non-hydrogen) atoms. The Morgan fingerprint density at radius 1 is 1.32 bits per heavy atom. The highest BCUT2D eigenvalue weighted by molar-refractivity contribution is 5.99. The average molecular weight is 294 g/mol. The third-order valence-corrected chi connectivity index (χ3v) is 4.04. The summed E-state index contributed by atoms with van der Waals surface area (Å²) in [6.45, 7) is 1.50. The Morgan fingerprint density at radius 2 is 2.14 bits per heavy atom. The summed E-state index contributed by atoms with van der Waals surface area (Å²) in [5, 5.41) is 12.4. The van der Waals surface area contributed by atoms with Gasteiger partial charge in [-0.3, -0.25) is 4.79 Å². The van der Waals surface area contributed by atoms with Crippen LogP contribution in [0.2, 0.25) is 0 Å². The number of rotatable bonds is 3. The van der Waals surface area contributed by atoms with Gasteiger partial charge in [-0.15, -0.1) is 0 Å². The molecule has 0 saturated carbocycles. The summed E-state index contributed by atoms with van der Waals surface area (Å²) < 4.78 is 13.3. The second kappa shape index (κ2) is 5.61. The second-order valence-corrected chi connectivity index (χ2v) is 5.51. The number of carbonyl (C=O) groups is 1. The number of benzene rings is 2. The molecule has 0 radical (unpaired) electrons. The zero-order chi connectivity index (χ0) is 15.7. The van der Waals surface area contributed by atoms with Gasteiger partial charge in [0, 0.05) is 11.3 Å². The normalized spacial score (nSPS) is 16.0. The molecule has 3 rings (SSSR count). The molecular formula is C18H15FN2O. The molecule has 1 aliphatic carbocycles. The number of hydrogen-bond donors (Lipinski definition) is 1. The first-order valence-electron chi connectivity index (χ1n) is 7.18. The SMILES string of the molecule is CC(=O)c1ccc(C#N)cc1NC1CCc2cc(F)ccc21. The van der Waals surface area contributed by atoms with Crippen molar-refractivity contribution in [2.75, 3.05) is 5.32 Å². The molecule has 0 saturated heterocycles. The molecule has 0 bridgehead atoms. The van der Waals surface area contributed by atoms with Crippen molar-refractivity contribution < 1.29 is 9.18 Å². The summed E-state index contributed by atoms with van der Waals surface area (Å²) in [5.74, 6) is -0.278. The quantitative estimate of drug-likeness (QED) is 0.870. The number of fused-ring (bicyclic) bond motifs is 1. The Balaban J connectivity index is 1.95. The number of nitrogens with one attached hydrogen (secondary N) is 1. The molecule has 0 fully saturated rings. The summed E-state index contributed by atoms with van der Waals surface area (Å²) >= 11 is 0. The van der Waals surface area contributed by atoms with Gasteiger partial charge in [0.1, 0.15) is 5.82 Å². The lowest BCUT2D eigenvalue weighted by Crippen LogP contribution is -2.10. The molecule has 2 aromatic carbocycles. The van der Waals surface area contributed by atoms with Crippen LogP contribution in [0.3, 0.4) is 0 Å². The van der Waals surface area contributed by atoms with Crippen molar-refractivity contribution in [1.82, 2.24) is 0 Å². The minimum absolute atomic E-state index is 0.0302. The Morgan fingerprint density at radius 3 is 2.86 bits per heavy atom. The van der Waals surface area contributed by atoms with Gasteiger partial charge in [-0.2, -0.15) is 5.26 Å². The third kappa shape index (κ3) is 2.58. The lowest BCUT2D eigenvalue weighted by molar-refractivity contribution is 0.101. The van der Waals surface area contributed by atoms with Crippen molar-refractivity contribution in [3.8, 4) is 6.07 Å². The maximum atomic E-state index is 13.3. The standard InChI is InChI=1S/C18H15FN2O/c1-11(22)15-5-2-12(10-20)8-18(15)21-17-7-3-13-9-14(19)4-6-16(13)17/h2,4-6,8-9,17,21H,3,7H2,1H3. The smallest absolute Gasteiger partial charge is 0.161 e. The predicted octanol–water partition coefficient (Wildman–Crippen LogP) is 4.00. The molecule has 1 atom stereocenters. The van der Waals surface area contributed by atoms with Gasteiger partial charge in [0.2, 0.25) is 0 Å². The molecule has 4 heteroatoms. The minimum atomic E-state index is -0.227. The molecule has 0 spiro atoms. The van der Waals surface area contributed by atoms with Crippen LogP contribution in [-0.4, -0.2) is 5.78 Å². The predicted molar refractivity (Wildman–Crippen MR) is 82.2 cm³/mol. The van der Waals surface area contributed by atoms with Gasteiger partial charge in [-0.05, 0) is 61.2 Å². The molecule has 3 nitrogen and oxygen atoms in total. The highest BCUT2D eigenvalue weighted by Gasteiger charge is 2.23. The van der Waals surface area contributed by atoms with E-state index in [4.69, 9.17) is 5.26 Å². The lowest BCUT2D eigenvalue weighted by atomic mass is 10.0. The molecule has 1 aliphatic rings. The number of anilines is 1. The summed E-state index contributed by atoms with van der Waals surface area (Å²) in [4.78, 5) is 11.8. The van der Waals surface area contributed by atoms with Crippen LogP contribution >= 0.6 is 0 Å². The summed E-state index contributed by atoms with van der Waals surface area (Å²) in [6.07, 6.45) is 1.64. The second-order valence-electron chi connectivity index (χ2n) is 5.51. The molecule has 110 valence electrons. The fourth-order valence-electron chi connectivity index (χ4n) is 2.96. The van der Waals surface area contributed by atoms with Crippen LogP contribution in [0.25, 0.3) is 0 Å². The van der Waals surface area contributed by atoms with Crippen molar-refractivity contribution >= 4 is 11.5 Å². The van der Waals surface area contributed by atoms with E-state index in [0.717, 1.165) is 24.0 Å². The summed E-state index contributed by atoms with van der Waals surface area (Å²) in [5.41, 5.74) is 3.78. The highest BCUT2D eigenvalue weighted by atomic mass is 19.1. The van der Waals surface area contributed by atoms with Crippen molar-refractivity contribution in [2.45, 2.75) is 25.8 Å². The maximum Gasteiger partial charge on any atom is 0.161 e. The molecule has 1 unspecified atom stereocenters. The van der Waals surface area contributed by atoms with Crippen molar-refractivity contribution in [2.24, 2.45) is 0 Å². The Hall–Kier alpha value is -2.67. The number of halogens is 1. The van der Waals surface area contributed by atoms with Crippen molar-refractivity contribution in [3.05, 3.63) is 64.5 Å². The number of hydrogen-bond acceptors (Lipinski definition) is 3. The van der Waals surface area contributed by atoms with Gasteiger partial charge in [0.05, 0.1) is 17.7 Å². The van der Waals surface area contributed by atoms with E-state index in [1.807, 2.05) is 0 Å². The molecule has 0 amide bonds. The number of aryl methyl sites for hydroxylation is 1. The molecule has 2 aromatic rings. The number of carbonyl (C=O) groups excluding carboxylic acids is 1. The van der Waals surface area contributed by atoms with Crippen LogP contribution in [0.4, 0.5) is 10.1 Å². The first-order chi connectivity index (χ1) is 10.6. The van der Waals surface area contributed by atoms with Crippen molar-refractivity contribution in [3.63, 3.8) is 0 Å². The van der Waals surface area contributed by atoms with Gasteiger partial charge in [-0.25, -0.2) is 4.39 Å². The van der Waals surface area contributed by atoms with E-state index < -0.39 is 0 Å². The fourth-order valence-corrected chi connectivity index (χ4v) is 2.96. The number of ketones is 1. The van der Waals surface area contributed by atoms with E-state index in [9.17, 15) is 9.18 Å². The Kier molecular flexibility index (Phi) is 3.64. The fraction of sp³-hybridized carbons (Fsp3) is 0.222. The Bertz CT molecular complexity index is 792. The average Bonchev–Trinajstić information content (AvgIpc) is 2.89. The van der Waals surface area contributed by atoms with Gasteiger partial charge in [0.25, 0.3) is 0 Å². The minimum Gasteiger partial charge on any atom is -0.378 e. The maximum absolute atomic E-state index is 13.3. The zero-order valence-corrected chi connectivity index (χ0v) is 12.2. The monoisotopic (exact) mass is 294 g/mol. The van der Waals surface area contributed by atoms with E-state index >= 15 is 0 Å². The highest BCUT2D eigenvalue weighted by Crippen LogP contribution is 2.35. The van der Waals surface area contributed by atoms with E-state index in [1.54, 1.807) is 30.3 Å². The number of nitriles is 1. The number of nitrogens with zero attached hydrogens (tertiary/aromatic N) is 1. The number of Topliss-reactive ketones (excluding diaryl/α,β-unsaturated/α-hetero) is 1. The molecule has 0 aliphatic heterocycles. The van der Waals surface area contributed by atoms with Crippen LogP contribution in [0.1, 0.15) is 46.4 Å². The van der Waals surface area contributed by atoms with Crippen LogP contribution in [0.5, 0.6) is 0 Å². The van der Waals surface area contributed by atoms with Crippen LogP contribution in [0.15, 0.2) is 36.4 Å². The van der Waals surface area contributed by atoms with Gasteiger partial charge in [0.15, 0.2) is 5.78 Å². The molecular weight excluding hydrogens is 279 g/mol. The summed E-state index contributed by atoms with van der Waals surface area (Å²) in [6, 6.07) is 11.9. The largest absolute Gasteiger partial charge is 0.378 e. The van der Waals surface area contributed by atoms with Gasteiger partial charge < -0.3 is 5.32 Å².